The number of hydrogen-bond donors (Lipinski definition) is 1. The SMILES string of the molecule is CCCCCCCCCCCCCCCC=C[N+]1=CNCC1. The number of allylic oxidation sites excluding steroid dienone is 1. The van der Waals surface area contributed by atoms with Crippen molar-refractivity contribution in [2.45, 2.75) is 96.8 Å². The number of nitrogens with zero attached hydrogens (tertiary/aromatic N) is 1. The van der Waals surface area contributed by atoms with Gasteiger partial charge in [-0.05, 0) is 18.9 Å². The van der Waals surface area contributed by atoms with E-state index in [-0.39, 0.29) is 0 Å². The molecule has 0 unspecified atom stereocenters. The maximum absolute atomic E-state index is 3.22. The topological polar surface area (TPSA) is 15.0 Å². The zero-order valence-corrected chi connectivity index (χ0v) is 15.0. The van der Waals surface area contributed by atoms with Crippen LogP contribution in [0.2, 0.25) is 0 Å². The maximum atomic E-state index is 3.22. The fourth-order valence-corrected chi connectivity index (χ4v) is 3.05. The fraction of sp³-hybridized carbons (Fsp3) is 0.850. The molecule has 1 aliphatic rings. The van der Waals surface area contributed by atoms with Crippen molar-refractivity contribution >= 4 is 6.34 Å². The minimum absolute atomic E-state index is 1.09. The lowest BCUT2D eigenvalue weighted by atomic mass is 10.0. The molecule has 1 heterocycles. The highest BCUT2D eigenvalue weighted by atomic mass is 15.1. The molecule has 0 bridgehead atoms. The molecule has 0 aliphatic carbocycles. The highest BCUT2D eigenvalue weighted by molar-refractivity contribution is 5.49. The van der Waals surface area contributed by atoms with Gasteiger partial charge in [0.25, 0.3) is 0 Å². The standard InChI is InChI=1S/C20H38N2/c1-2-3-4-5-6-7-8-9-10-11-12-13-14-15-16-18-22-19-17-21-20-22/h16,18,20H,2-15,17,19H2,1H3/p+1. The van der Waals surface area contributed by atoms with Gasteiger partial charge in [-0.25, -0.2) is 4.58 Å². The van der Waals surface area contributed by atoms with E-state index in [1.165, 1.54) is 89.9 Å². The molecular weight excluding hydrogens is 268 g/mol. The van der Waals surface area contributed by atoms with Crippen LogP contribution < -0.4 is 5.32 Å². The minimum Gasteiger partial charge on any atom is -0.277 e. The molecule has 0 spiro atoms. The molecule has 1 N–H and O–H groups in total. The second-order valence-electron chi connectivity index (χ2n) is 6.74. The molecule has 0 aromatic heterocycles. The lowest BCUT2D eigenvalue weighted by Gasteiger charge is -2.02. The van der Waals surface area contributed by atoms with Gasteiger partial charge in [0.1, 0.15) is 13.1 Å². The molecule has 0 saturated carbocycles. The van der Waals surface area contributed by atoms with Crippen molar-refractivity contribution in [2.75, 3.05) is 13.1 Å². The van der Waals surface area contributed by atoms with Crippen molar-refractivity contribution in [1.29, 1.82) is 0 Å². The molecule has 22 heavy (non-hydrogen) atoms. The molecular formula is C20H39N2+. The summed E-state index contributed by atoms with van der Waals surface area (Å²) < 4.78 is 2.24. The molecule has 0 fully saturated rings. The van der Waals surface area contributed by atoms with Gasteiger partial charge >= 0.3 is 0 Å². The highest BCUT2D eigenvalue weighted by Crippen LogP contribution is 2.12. The Morgan fingerprint density at radius 2 is 1.36 bits per heavy atom. The number of rotatable bonds is 15. The molecule has 2 heteroatoms. The van der Waals surface area contributed by atoms with E-state index in [4.69, 9.17) is 0 Å². The summed E-state index contributed by atoms with van der Waals surface area (Å²) in [6, 6.07) is 0. The van der Waals surface area contributed by atoms with Gasteiger partial charge < -0.3 is 0 Å². The first kappa shape index (κ1) is 19.3. The van der Waals surface area contributed by atoms with E-state index < -0.39 is 0 Å². The largest absolute Gasteiger partial charge is 0.277 e. The molecule has 0 amide bonds. The van der Waals surface area contributed by atoms with Crippen LogP contribution in [0.15, 0.2) is 12.3 Å². The van der Waals surface area contributed by atoms with Crippen molar-refractivity contribution < 1.29 is 4.58 Å². The van der Waals surface area contributed by atoms with Crippen molar-refractivity contribution in [3.8, 4) is 0 Å². The third-order valence-corrected chi connectivity index (χ3v) is 4.54. The summed E-state index contributed by atoms with van der Waals surface area (Å²) in [4.78, 5) is 0. The molecule has 128 valence electrons. The van der Waals surface area contributed by atoms with E-state index in [9.17, 15) is 0 Å². The van der Waals surface area contributed by atoms with Gasteiger partial charge in [-0.1, -0.05) is 84.0 Å². The molecule has 1 aliphatic heterocycles. The second kappa shape index (κ2) is 15.1. The van der Waals surface area contributed by atoms with E-state index in [0.717, 1.165) is 13.1 Å². The summed E-state index contributed by atoms with van der Waals surface area (Å²) in [6.07, 6.45) is 26.5. The summed E-state index contributed by atoms with van der Waals surface area (Å²) in [5.41, 5.74) is 0. The Bertz CT molecular complexity index is 294. The van der Waals surface area contributed by atoms with Gasteiger partial charge in [0.05, 0.1) is 6.20 Å². The summed E-state index contributed by atoms with van der Waals surface area (Å²) in [5.74, 6) is 0. The summed E-state index contributed by atoms with van der Waals surface area (Å²) >= 11 is 0. The number of nitrogens with one attached hydrogen (secondary N) is 1. The Kier molecular flexibility index (Phi) is 13.2. The third-order valence-electron chi connectivity index (χ3n) is 4.54. The van der Waals surface area contributed by atoms with E-state index in [2.05, 4.69) is 35.4 Å². The first-order valence-corrected chi connectivity index (χ1v) is 9.92. The van der Waals surface area contributed by atoms with Crippen LogP contribution in [0.5, 0.6) is 0 Å². The van der Waals surface area contributed by atoms with Crippen molar-refractivity contribution in [3.63, 3.8) is 0 Å². The van der Waals surface area contributed by atoms with Crippen LogP contribution in [-0.2, 0) is 0 Å². The van der Waals surface area contributed by atoms with E-state index in [0.29, 0.717) is 0 Å². The molecule has 0 atom stereocenters. The summed E-state index contributed by atoms with van der Waals surface area (Å²) in [6.45, 7) is 4.50. The van der Waals surface area contributed by atoms with Gasteiger partial charge in [-0.15, -0.1) is 0 Å². The number of hydrogen-bond acceptors (Lipinski definition) is 1. The van der Waals surface area contributed by atoms with Crippen LogP contribution >= 0.6 is 0 Å². The Morgan fingerprint density at radius 1 is 0.818 bits per heavy atom. The predicted molar refractivity (Wildman–Crippen MR) is 98.6 cm³/mol. The Morgan fingerprint density at radius 3 is 1.86 bits per heavy atom. The minimum atomic E-state index is 1.09. The second-order valence-corrected chi connectivity index (χ2v) is 6.74. The van der Waals surface area contributed by atoms with Crippen LogP contribution in [0.25, 0.3) is 0 Å². The van der Waals surface area contributed by atoms with Gasteiger partial charge in [-0.3, -0.25) is 5.32 Å². The first-order chi connectivity index (χ1) is 10.9. The van der Waals surface area contributed by atoms with E-state index >= 15 is 0 Å². The van der Waals surface area contributed by atoms with Crippen LogP contribution in [0.3, 0.4) is 0 Å². The Labute approximate surface area is 139 Å². The summed E-state index contributed by atoms with van der Waals surface area (Å²) in [5, 5.41) is 3.22. The maximum Gasteiger partial charge on any atom is 0.236 e. The normalized spacial score (nSPS) is 14.5. The Balaban J connectivity index is 1.71. The van der Waals surface area contributed by atoms with Crippen LogP contribution in [0, 0.1) is 0 Å². The lowest BCUT2D eigenvalue weighted by molar-refractivity contribution is -0.440. The lowest BCUT2D eigenvalue weighted by Crippen LogP contribution is -2.05. The van der Waals surface area contributed by atoms with Crippen LogP contribution in [0.4, 0.5) is 0 Å². The predicted octanol–water partition coefficient (Wildman–Crippen LogP) is 5.63. The van der Waals surface area contributed by atoms with Crippen molar-refractivity contribution in [3.05, 3.63) is 12.3 Å². The monoisotopic (exact) mass is 307 g/mol. The van der Waals surface area contributed by atoms with Crippen LogP contribution in [0.1, 0.15) is 96.8 Å². The summed E-state index contributed by atoms with van der Waals surface area (Å²) in [7, 11) is 0. The average Bonchev–Trinajstić information content (AvgIpc) is 3.04. The quantitative estimate of drug-likeness (QED) is 0.306. The first-order valence-electron chi connectivity index (χ1n) is 9.92. The molecule has 0 saturated heterocycles. The van der Waals surface area contributed by atoms with Crippen LogP contribution in [-0.4, -0.2) is 24.0 Å². The molecule has 0 aromatic carbocycles. The van der Waals surface area contributed by atoms with Crippen molar-refractivity contribution in [1.82, 2.24) is 5.32 Å². The molecule has 0 radical (unpaired) electrons. The average molecular weight is 308 g/mol. The number of unbranched alkanes of at least 4 members (excludes halogenated alkanes) is 13. The van der Waals surface area contributed by atoms with Gasteiger partial charge in [-0.2, -0.15) is 0 Å². The highest BCUT2D eigenvalue weighted by Gasteiger charge is 2.03. The smallest absolute Gasteiger partial charge is 0.236 e. The third kappa shape index (κ3) is 11.8. The Hall–Kier alpha value is -0.790. The van der Waals surface area contributed by atoms with Gasteiger partial charge in [0.2, 0.25) is 6.34 Å². The van der Waals surface area contributed by atoms with E-state index in [1.807, 2.05) is 0 Å². The van der Waals surface area contributed by atoms with Gasteiger partial charge in [0, 0.05) is 0 Å². The van der Waals surface area contributed by atoms with Crippen molar-refractivity contribution in [2.24, 2.45) is 0 Å². The zero-order valence-electron chi connectivity index (χ0n) is 15.0. The zero-order chi connectivity index (χ0) is 15.7. The molecule has 2 nitrogen and oxygen atoms in total. The van der Waals surface area contributed by atoms with Gasteiger partial charge in [0.15, 0.2) is 0 Å². The molecule has 1 rings (SSSR count). The van der Waals surface area contributed by atoms with E-state index in [1.54, 1.807) is 0 Å². The molecule has 0 aromatic rings. The fourth-order valence-electron chi connectivity index (χ4n) is 3.05.